The van der Waals surface area contributed by atoms with Gasteiger partial charge in [-0.1, -0.05) is 12.1 Å². The highest BCUT2D eigenvalue weighted by atomic mass is 32.2. The van der Waals surface area contributed by atoms with Crippen molar-refractivity contribution >= 4 is 10.0 Å². The molecule has 2 aromatic rings. The summed E-state index contributed by atoms with van der Waals surface area (Å²) in [5.74, 6) is 1.10. The van der Waals surface area contributed by atoms with Gasteiger partial charge in [0.1, 0.15) is 5.60 Å². The molecule has 0 saturated heterocycles. The van der Waals surface area contributed by atoms with Crippen LogP contribution in [-0.2, 0) is 22.0 Å². The van der Waals surface area contributed by atoms with Crippen LogP contribution in [0.2, 0.25) is 0 Å². The van der Waals surface area contributed by atoms with E-state index in [4.69, 9.17) is 9.47 Å². The number of sulfonamides is 1. The zero-order valence-electron chi connectivity index (χ0n) is 15.1. The molecule has 26 heavy (non-hydrogen) atoms. The summed E-state index contributed by atoms with van der Waals surface area (Å²) >= 11 is 0. The first kappa shape index (κ1) is 18.7. The highest BCUT2D eigenvalue weighted by Gasteiger charge is 2.38. The van der Waals surface area contributed by atoms with Gasteiger partial charge < -0.3 is 14.6 Å². The Morgan fingerprint density at radius 1 is 1.15 bits per heavy atom. The minimum atomic E-state index is -3.71. The second kappa shape index (κ2) is 6.90. The number of hydrogen-bond acceptors (Lipinski definition) is 5. The molecule has 0 bridgehead atoms. The molecule has 0 heterocycles. The lowest BCUT2D eigenvalue weighted by atomic mass is 9.96. The summed E-state index contributed by atoms with van der Waals surface area (Å²) in [6.07, 6.45) is 1.06. The van der Waals surface area contributed by atoms with Crippen LogP contribution >= 0.6 is 0 Å². The van der Waals surface area contributed by atoms with Crippen LogP contribution in [0.15, 0.2) is 41.3 Å². The number of benzene rings is 2. The first-order chi connectivity index (χ1) is 12.3. The van der Waals surface area contributed by atoms with E-state index in [0.717, 1.165) is 11.1 Å². The van der Waals surface area contributed by atoms with Gasteiger partial charge in [0, 0.05) is 6.54 Å². The van der Waals surface area contributed by atoms with Gasteiger partial charge in [0.05, 0.1) is 19.1 Å². The molecule has 1 atom stereocenters. The third-order valence-electron chi connectivity index (χ3n) is 4.77. The van der Waals surface area contributed by atoms with E-state index in [2.05, 4.69) is 4.72 Å². The van der Waals surface area contributed by atoms with Crippen molar-refractivity contribution in [3.05, 3.63) is 53.1 Å². The number of ether oxygens (including phenoxy) is 2. The van der Waals surface area contributed by atoms with Crippen molar-refractivity contribution in [3.8, 4) is 11.5 Å². The monoisotopic (exact) mass is 377 g/mol. The van der Waals surface area contributed by atoms with Gasteiger partial charge in [0.2, 0.25) is 10.0 Å². The lowest BCUT2D eigenvalue weighted by Gasteiger charge is -2.25. The van der Waals surface area contributed by atoms with Gasteiger partial charge in [0.25, 0.3) is 0 Å². The average molecular weight is 377 g/mol. The molecule has 1 aliphatic rings. The van der Waals surface area contributed by atoms with E-state index in [1.54, 1.807) is 25.3 Å². The summed E-state index contributed by atoms with van der Waals surface area (Å²) in [6.45, 7) is 1.73. The Kier molecular flexibility index (Phi) is 4.96. The number of hydrogen-bond donors (Lipinski definition) is 2. The van der Waals surface area contributed by atoms with Crippen LogP contribution in [0.25, 0.3) is 0 Å². The first-order valence-electron chi connectivity index (χ1n) is 8.33. The van der Waals surface area contributed by atoms with Crippen LogP contribution in [0.1, 0.15) is 23.1 Å². The van der Waals surface area contributed by atoms with Crippen LogP contribution in [0.5, 0.6) is 11.5 Å². The van der Waals surface area contributed by atoms with Crippen molar-refractivity contribution in [2.24, 2.45) is 0 Å². The van der Waals surface area contributed by atoms with Crippen molar-refractivity contribution < 1.29 is 23.0 Å². The molecule has 0 saturated carbocycles. The number of aliphatic hydroxyl groups is 1. The molecule has 1 unspecified atom stereocenters. The molecule has 0 radical (unpaired) electrons. The average Bonchev–Trinajstić information content (AvgIpc) is 2.95. The molecular weight excluding hydrogens is 354 g/mol. The second-order valence-corrected chi connectivity index (χ2v) is 8.30. The summed E-state index contributed by atoms with van der Waals surface area (Å²) in [6, 6.07) is 10.2. The first-order valence-corrected chi connectivity index (χ1v) is 9.81. The second-order valence-electron chi connectivity index (χ2n) is 6.54. The smallest absolute Gasteiger partial charge is 0.240 e. The number of rotatable bonds is 6. The molecule has 1 aliphatic carbocycles. The third-order valence-corrected chi connectivity index (χ3v) is 6.17. The molecule has 0 fully saturated rings. The minimum absolute atomic E-state index is 0.105. The van der Waals surface area contributed by atoms with Gasteiger partial charge in [-0.25, -0.2) is 13.1 Å². The Balaban J connectivity index is 1.86. The Bertz CT molecular complexity index is 926. The van der Waals surface area contributed by atoms with Gasteiger partial charge in [-0.05, 0) is 60.7 Å². The summed E-state index contributed by atoms with van der Waals surface area (Å²) in [5.41, 5.74) is 1.17. The van der Waals surface area contributed by atoms with Crippen molar-refractivity contribution in [1.29, 1.82) is 0 Å². The maximum absolute atomic E-state index is 12.6. The fraction of sp³-hybridized carbons (Fsp3) is 0.368. The Morgan fingerprint density at radius 3 is 2.50 bits per heavy atom. The molecule has 3 rings (SSSR count). The van der Waals surface area contributed by atoms with E-state index >= 15 is 0 Å². The van der Waals surface area contributed by atoms with E-state index < -0.39 is 15.6 Å². The van der Waals surface area contributed by atoms with Gasteiger partial charge in [-0.15, -0.1) is 0 Å². The summed E-state index contributed by atoms with van der Waals surface area (Å²) in [5, 5.41) is 11.1. The zero-order valence-corrected chi connectivity index (χ0v) is 15.9. The molecule has 0 aliphatic heterocycles. The molecule has 0 aromatic heterocycles. The maximum Gasteiger partial charge on any atom is 0.240 e. The van der Waals surface area contributed by atoms with Crippen molar-refractivity contribution in [2.45, 2.75) is 30.3 Å². The SMILES string of the molecule is COc1cc2c(cc1OC)C(O)(CNS(=O)(=O)c1cccc(C)c1)CC2. The summed E-state index contributed by atoms with van der Waals surface area (Å²) in [4.78, 5) is 0.187. The van der Waals surface area contributed by atoms with Crippen LogP contribution in [-0.4, -0.2) is 34.3 Å². The van der Waals surface area contributed by atoms with Crippen molar-refractivity contribution in [3.63, 3.8) is 0 Å². The number of nitrogens with one attached hydrogen (secondary N) is 1. The van der Waals surface area contributed by atoms with E-state index in [1.807, 2.05) is 19.1 Å². The van der Waals surface area contributed by atoms with Crippen molar-refractivity contribution in [2.75, 3.05) is 20.8 Å². The third kappa shape index (κ3) is 3.42. The van der Waals surface area contributed by atoms with Crippen molar-refractivity contribution in [1.82, 2.24) is 4.72 Å². The molecule has 0 amide bonds. The van der Waals surface area contributed by atoms with E-state index in [1.165, 1.54) is 13.2 Å². The summed E-state index contributed by atoms with van der Waals surface area (Å²) in [7, 11) is -0.622. The molecule has 140 valence electrons. The van der Waals surface area contributed by atoms with Gasteiger partial charge in [-0.3, -0.25) is 0 Å². The topological polar surface area (TPSA) is 84.9 Å². The van der Waals surface area contributed by atoms with Crippen LogP contribution in [0.4, 0.5) is 0 Å². The zero-order chi connectivity index (χ0) is 18.9. The van der Waals surface area contributed by atoms with Gasteiger partial charge >= 0.3 is 0 Å². The molecular formula is C19H23NO5S. The van der Waals surface area contributed by atoms with Crippen LogP contribution in [0, 0.1) is 6.92 Å². The standard InChI is InChI=1S/C19H23NO5S/c1-13-5-4-6-15(9-13)26(22,23)20-12-19(21)8-7-14-10-17(24-2)18(25-3)11-16(14)19/h4-6,9-11,20-21H,7-8,12H2,1-3H3. The highest BCUT2D eigenvalue weighted by Crippen LogP contribution is 2.42. The maximum atomic E-state index is 12.6. The number of fused-ring (bicyclic) bond motifs is 1. The largest absolute Gasteiger partial charge is 0.493 e. The van der Waals surface area contributed by atoms with Gasteiger partial charge in [0.15, 0.2) is 11.5 Å². The Morgan fingerprint density at radius 2 is 1.85 bits per heavy atom. The Hall–Kier alpha value is -2.09. The molecule has 2 N–H and O–H groups in total. The minimum Gasteiger partial charge on any atom is -0.493 e. The molecule has 7 heteroatoms. The quantitative estimate of drug-likeness (QED) is 0.806. The van der Waals surface area contributed by atoms with Crippen LogP contribution < -0.4 is 14.2 Å². The molecule has 0 spiro atoms. The lowest BCUT2D eigenvalue weighted by Crippen LogP contribution is -2.39. The highest BCUT2D eigenvalue weighted by molar-refractivity contribution is 7.89. The van der Waals surface area contributed by atoms with E-state index in [0.29, 0.717) is 29.9 Å². The fourth-order valence-corrected chi connectivity index (χ4v) is 4.50. The predicted molar refractivity (Wildman–Crippen MR) is 98.1 cm³/mol. The fourth-order valence-electron chi connectivity index (χ4n) is 3.30. The summed E-state index contributed by atoms with van der Waals surface area (Å²) < 4.78 is 38.2. The predicted octanol–water partition coefficient (Wildman–Crippen LogP) is 2.12. The van der Waals surface area contributed by atoms with Crippen LogP contribution in [0.3, 0.4) is 0 Å². The normalized spacial score (nSPS) is 19.2. The lowest BCUT2D eigenvalue weighted by molar-refractivity contribution is 0.0440. The Labute approximate surface area is 153 Å². The molecule has 2 aromatic carbocycles. The van der Waals surface area contributed by atoms with E-state index in [-0.39, 0.29) is 11.4 Å². The number of aryl methyl sites for hydroxylation is 2. The van der Waals surface area contributed by atoms with Gasteiger partial charge in [-0.2, -0.15) is 0 Å². The molecule has 6 nitrogen and oxygen atoms in total. The number of methoxy groups -OCH3 is 2. The van der Waals surface area contributed by atoms with E-state index in [9.17, 15) is 13.5 Å².